The fourth-order valence-electron chi connectivity index (χ4n) is 4.56. The van der Waals surface area contributed by atoms with Crippen LogP contribution in [0, 0.1) is 18.3 Å². The Morgan fingerprint density at radius 1 is 1.14 bits per heavy atom. The highest BCUT2D eigenvalue weighted by Gasteiger charge is 2.33. The van der Waals surface area contributed by atoms with E-state index in [1.54, 1.807) is 30.5 Å². The quantitative estimate of drug-likeness (QED) is 0.439. The van der Waals surface area contributed by atoms with Crippen LogP contribution in [0.4, 0.5) is 5.82 Å². The van der Waals surface area contributed by atoms with E-state index in [-0.39, 0.29) is 17.0 Å². The zero-order valence-corrected chi connectivity index (χ0v) is 21.8. The third-order valence-electron chi connectivity index (χ3n) is 6.52. The molecule has 182 valence electrons. The van der Waals surface area contributed by atoms with Crippen LogP contribution in [0.15, 0.2) is 34.0 Å². The van der Waals surface area contributed by atoms with E-state index in [1.165, 1.54) is 11.8 Å². The third-order valence-corrected chi connectivity index (χ3v) is 7.90. The van der Waals surface area contributed by atoms with Crippen molar-refractivity contribution < 1.29 is 9.53 Å². The molecule has 0 spiro atoms. The van der Waals surface area contributed by atoms with Gasteiger partial charge in [0.2, 0.25) is 0 Å². The van der Waals surface area contributed by atoms with Crippen LogP contribution in [-0.2, 0) is 18.4 Å². The number of carbonyl (C=O) groups is 1. The number of thioether (sulfide) groups is 1. The molecule has 0 saturated carbocycles. The van der Waals surface area contributed by atoms with Gasteiger partial charge in [0.25, 0.3) is 11.5 Å². The average molecular weight is 509 g/mol. The van der Waals surface area contributed by atoms with Gasteiger partial charge in [-0.3, -0.25) is 19.1 Å². The second-order valence-corrected chi connectivity index (χ2v) is 10.4. The summed E-state index contributed by atoms with van der Waals surface area (Å²) in [6.07, 6.45) is 6.19. The van der Waals surface area contributed by atoms with Crippen LogP contribution in [0.2, 0.25) is 0 Å². The molecule has 0 radical (unpaired) electrons. The molecule has 0 aliphatic carbocycles. The number of aromatic nitrogens is 1. The Morgan fingerprint density at radius 3 is 2.40 bits per heavy atom. The number of ether oxygens (including phenoxy) is 1. The molecular weight excluding hydrogens is 480 g/mol. The van der Waals surface area contributed by atoms with Gasteiger partial charge < -0.3 is 9.64 Å². The molecule has 2 aliphatic heterocycles. The largest absolute Gasteiger partial charge is 0.497 e. The van der Waals surface area contributed by atoms with Crippen molar-refractivity contribution in [3.05, 3.63) is 61.8 Å². The zero-order valence-electron chi connectivity index (χ0n) is 20.2. The van der Waals surface area contributed by atoms with E-state index in [1.807, 2.05) is 30.3 Å². The Hall–Kier alpha value is -3.09. The summed E-state index contributed by atoms with van der Waals surface area (Å²) in [6, 6.07) is 9.60. The predicted octanol–water partition coefficient (Wildman–Crippen LogP) is 4.36. The summed E-state index contributed by atoms with van der Waals surface area (Å²) < 4.78 is 7.25. The van der Waals surface area contributed by atoms with E-state index in [2.05, 4.69) is 11.0 Å². The molecule has 0 atom stereocenters. The molecule has 1 amide bonds. The molecule has 3 heterocycles. The highest BCUT2D eigenvalue weighted by Crippen LogP contribution is 2.37. The van der Waals surface area contributed by atoms with Crippen LogP contribution in [0.1, 0.15) is 47.9 Å². The second kappa shape index (κ2) is 10.7. The van der Waals surface area contributed by atoms with Crippen molar-refractivity contribution in [2.45, 2.75) is 39.2 Å². The van der Waals surface area contributed by atoms with Crippen molar-refractivity contribution in [2.24, 2.45) is 7.05 Å². The molecule has 35 heavy (non-hydrogen) atoms. The topological polar surface area (TPSA) is 78.6 Å². The summed E-state index contributed by atoms with van der Waals surface area (Å²) in [4.78, 5) is 30.6. The number of hydrogen-bond donors (Lipinski definition) is 0. The van der Waals surface area contributed by atoms with Gasteiger partial charge >= 0.3 is 0 Å². The third kappa shape index (κ3) is 5.00. The van der Waals surface area contributed by atoms with Gasteiger partial charge in [-0.2, -0.15) is 5.26 Å². The van der Waals surface area contributed by atoms with E-state index < -0.39 is 0 Å². The fraction of sp³-hybridized carbons (Fsp3) is 0.385. The number of methoxy groups -OCH3 is 1. The maximum atomic E-state index is 13.4. The van der Waals surface area contributed by atoms with E-state index in [0.29, 0.717) is 21.3 Å². The molecule has 0 N–H and O–H groups in total. The van der Waals surface area contributed by atoms with Gasteiger partial charge in [0, 0.05) is 25.7 Å². The Kier molecular flexibility index (Phi) is 7.63. The average Bonchev–Trinajstić information content (AvgIpc) is 3.03. The molecule has 4 rings (SSSR count). The summed E-state index contributed by atoms with van der Waals surface area (Å²) >= 11 is 6.80. The number of amides is 1. The molecule has 9 heteroatoms. The standard InChI is InChI=1S/C26H28N4O3S2/c1-17-20(23(28(2)24(31)21(17)15-27)29-12-6-4-5-7-13-29)14-22-25(32)30(26(34)35-22)16-18-8-10-19(33-3)11-9-18/h8-11,14H,4-7,12-13,16H2,1-3H3/b22-14-. The van der Waals surface area contributed by atoms with Crippen molar-refractivity contribution >= 4 is 46.1 Å². The number of benzene rings is 1. The second-order valence-electron chi connectivity index (χ2n) is 8.73. The van der Waals surface area contributed by atoms with Gasteiger partial charge in [-0.25, -0.2) is 0 Å². The maximum Gasteiger partial charge on any atom is 0.270 e. The van der Waals surface area contributed by atoms with Crippen molar-refractivity contribution in [3.63, 3.8) is 0 Å². The molecule has 2 aromatic rings. The van der Waals surface area contributed by atoms with Gasteiger partial charge in [0.05, 0.1) is 18.6 Å². The molecule has 2 saturated heterocycles. The molecule has 0 unspecified atom stereocenters. The summed E-state index contributed by atoms with van der Waals surface area (Å²) in [5, 5.41) is 9.69. The van der Waals surface area contributed by atoms with Gasteiger partial charge in [-0.15, -0.1) is 0 Å². The van der Waals surface area contributed by atoms with Crippen LogP contribution in [0.25, 0.3) is 6.08 Å². The monoisotopic (exact) mass is 508 g/mol. The normalized spacial score (nSPS) is 17.6. The van der Waals surface area contributed by atoms with Gasteiger partial charge in [0.1, 0.15) is 27.5 Å². The first-order valence-corrected chi connectivity index (χ1v) is 12.8. The smallest absolute Gasteiger partial charge is 0.270 e. The number of nitrogens with zero attached hydrogens (tertiary/aromatic N) is 4. The first kappa shape index (κ1) is 25.0. The van der Waals surface area contributed by atoms with Crippen molar-refractivity contribution in [1.82, 2.24) is 9.47 Å². The van der Waals surface area contributed by atoms with Crippen LogP contribution >= 0.6 is 24.0 Å². The Morgan fingerprint density at radius 2 is 1.80 bits per heavy atom. The van der Waals surface area contributed by atoms with E-state index >= 15 is 0 Å². The number of rotatable bonds is 5. The summed E-state index contributed by atoms with van der Waals surface area (Å²) in [7, 11) is 3.32. The van der Waals surface area contributed by atoms with Gasteiger partial charge in [-0.1, -0.05) is 49.0 Å². The molecule has 0 bridgehead atoms. The Labute approximate surface area is 215 Å². The number of nitriles is 1. The number of anilines is 1. The Balaban J connectivity index is 1.74. The SMILES string of the molecule is COc1ccc(CN2C(=O)/C(=C/c3c(C)c(C#N)c(=O)n(C)c3N3CCCCCC3)SC2=S)cc1. The van der Waals surface area contributed by atoms with Crippen LogP contribution in [0.3, 0.4) is 0 Å². The molecular formula is C26H28N4O3S2. The molecule has 7 nitrogen and oxygen atoms in total. The number of carbonyl (C=O) groups excluding carboxylic acids is 1. The summed E-state index contributed by atoms with van der Waals surface area (Å²) in [6.45, 7) is 3.81. The molecule has 1 aromatic heterocycles. The molecule has 2 fully saturated rings. The van der Waals surface area contributed by atoms with Gasteiger partial charge in [-0.05, 0) is 49.1 Å². The lowest BCUT2D eigenvalue weighted by Gasteiger charge is -2.28. The first-order valence-electron chi connectivity index (χ1n) is 11.6. The number of thiocarbonyl (C=S) groups is 1. The minimum Gasteiger partial charge on any atom is -0.497 e. The zero-order chi connectivity index (χ0) is 25.1. The lowest BCUT2D eigenvalue weighted by Crippen LogP contribution is -2.34. The minimum absolute atomic E-state index is 0.103. The molecule has 2 aliphatic rings. The lowest BCUT2D eigenvalue weighted by molar-refractivity contribution is -0.122. The molecule has 1 aromatic carbocycles. The van der Waals surface area contributed by atoms with E-state index in [0.717, 1.165) is 61.5 Å². The number of pyridine rings is 1. The minimum atomic E-state index is -0.312. The Bertz CT molecular complexity index is 1280. The van der Waals surface area contributed by atoms with Crippen molar-refractivity contribution in [1.29, 1.82) is 5.26 Å². The van der Waals surface area contributed by atoms with Crippen molar-refractivity contribution in [2.75, 3.05) is 25.1 Å². The van der Waals surface area contributed by atoms with Crippen molar-refractivity contribution in [3.8, 4) is 11.8 Å². The number of hydrogen-bond acceptors (Lipinski definition) is 7. The highest BCUT2D eigenvalue weighted by molar-refractivity contribution is 8.26. The van der Waals surface area contributed by atoms with Crippen LogP contribution in [0.5, 0.6) is 5.75 Å². The maximum absolute atomic E-state index is 13.4. The summed E-state index contributed by atoms with van der Waals surface area (Å²) in [5.74, 6) is 1.33. The van der Waals surface area contributed by atoms with E-state index in [9.17, 15) is 14.9 Å². The first-order chi connectivity index (χ1) is 16.8. The van der Waals surface area contributed by atoms with Crippen LogP contribution < -0.4 is 15.2 Å². The fourth-order valence-corrected chi connectivity index (χ4v) is 5.79. The highest BCUT2D eigenvalue weighted by atomic mass is 32.2. The van der Waals surface area contributed by atoms with Crippen LogP contribution in [-0.4, -0.2) is 39.9 Å². The van der Waals surface area contributed by atoms with Gasteiger partial charge in [0.15, 0.2) is 0 Å². The van der Waals surface area contributed by atoms with E-state index in [4.69, 9.17) is 17.0 Å². The summed E-state index contributed by atoms with van der Waals surface area (Å²) in [5.41, 5.74) is 2.06. The lowest BCUT2D eigenvalue weighted by atomic mass is 10.0. The predicted molar refractivity (Wildman–Crippen MR) is 144 cm³/mol.